The number of nitrogens with zero attached hydrogens (tertiary/aromatic N) is 1. The number of unbranched alkanes of at least 4 members (excludes halogenated alkanes) is 6. The van der Waals surface area contributed by atoms with Crippen molar-refractivity contribution in [2.75, 3.05) is 13.1 Å². The Morgan fingerprint density at radius 1 is 1.00 bits per heavy atom. The second kappa shape index (κ2) is 12.2. The molecule has 1 N–H and O–H groups in total. The molecular weight excluding hydrogens is 200 g/mol. The summed E-state index contributed by atoms with van der Waals surface area (Å²) in [5, 5.41) is 6.90. The minimum atomic E-state index is 0.873. The zero-order valence-electron chi connectivity index (χ0n) is 10.6. The lowest BCUT2D eigenvalue weighted by atomic mass is 10.2. The Labute approximate surface area is 99.7 Å². The molecule has 94 valence electrons. The molecule has 0 aromatic heterocycles. The number of carbonyl (C=O) groups is 1. The number of carbonyl (C=O) groups excluding carboxylic acids is 1. The third kappa shape index (κ3) is 9.69. The lowest BCUT2D eigenvalue weighted by Gasteiger charge is -2.16. The van der Waals surface area contributed by atoms with E-state index >= 15 is 0 Å². The predicted octanol–water partition coefficient (Wildman–Crippen LogP) is 3.24. The molecule has 16 heavy (non-hydrogen) atoms. The van der Waals surface area contributed by atoms with Crippen molar-refractivity contribution in [3.63, 3.8) is 0 Å². The van der Waals surface area contributed by atoms with Gasteiger partial charge in [0.2, 0.25) is 6.41 Å². The largest absolute Gasteiger partial charge is 0.345 e. The maximum absolute atomic E-state index is 10.8. The highest BCUT2D eigenvalue weighted by Crippen LogP contribution is 2.03. The van der Waals surface area contributed by atoms with Crippen molar-refractivity contribution in [2.24, 2.45) is 0 Å². The van der Waals surface area contributed by atoms with E-state index in [9.17, 15) is 4.79 Å². The maximum atomic E-state index is 10.8. The molecule has 0 spiro atoms. The van der Waals surface area contributed by atoms with Crippen LogP contribution in [0.3, 0.4) is 0 Å². The molecule has 0 heterocycles. The van der Waals surface area contributed by atoms with E-state index in [1.807, 2.05) is 4.90 Å². The van der Waals surface area contributed by atoms with Gasteiger partial charge in [-0.3, -0.25) is 4.79 Å². The first kappa shape index (κ1) is 15.1. The summed E-state index contributed by atoms with van der Waals surface area (Å²) in [6, 6.07) is 0. The molecule has 0 saturated heterocycles. The molecule has 0 bridgehead atoms. The first-order chi connectivity index (χ1) is 7.85. The van der Waals surface area contributed by atoms with Crippen LogP contribution in [0.15, 0.2) is 0 Å². The van der Waals surface area contributed by atoms with Gasteiger partial charge in [0.05, 0.1) is 0 Å². The highest BCUT2D eigenvalue weighted by molar-refractivity contribution is 5.52. The molecule has 0 aliphatic rings. The van der Waals surface area contributed by atoms with Gasteiger partial charge in [0, 0.05) is 13.1 Å². The van der Waals surface area contributed by atoms with E-state index in [-0.39, 0.29) is 0 Å². The van der Waals surface area contributed by atoms with Gasteiger partial charge >= 0.3 is 0 Å². The quantitative estimate of drug-likeness (QED) is 0.310. The van der Waals surface area contributed by atoms with E-state index in [0.717, 1.165) is 51.6 Å². The average Bonchev–Trinajstić information content (AvgIpc) is 2.31. The molecule has 0 aliphatic carbocycles. The van der Waals surface area contributed by atoms with E-state index in [2.05, 4.69) is 6.92 Å². The van der Waals surface area contributed by atoms with Crippen LogP contribution in [-0.4, -0.2) is 30.6 Å². The molecule has 3 nitrogen and oxygen atoms in total. The molecule has 0 fully saturated rings. The second-order valence-corrected chi connectivity index (χ2v) is 4.26. The summed E-state index contributed by atoms with van der Waals surface area (Å²) >= 11 is 0. The van der Waals surface area contributed by atoms with Crippen molar-refractivity contribution >= 4 is 12.6 Å². The Hall–Kier alpha value is -0.860. The van der Waals surface area contributed by atoms with Crippen LogP contribution in [0.4, 0.5) is 0 Å². The maximum Gasteiger partial charge on any atom is 0.209 e. The molecule has 0 radical (unpaired) electrons. The van der Waals surface area contributed by atoms with E-state index in [1.165, 1.54) is 25.5 Å². The lowest BCUT2D eigenvalue weighted by molar-refractivity contribution is -0.118. The molecule has 1 amide bonds. The fraction of sp³-hybridized carbons (Fsp3) is 0.846. The van der Waals surface area contributed by atoms with Crippen LogP contribution in [0.1, 0.15) is 58.3 Å². The van der Waals surface area contributed by atoms with Crippen molar-refractivity contribution in [2.45, 2.75) is 58.3 Å². The van der Waals surface area contributed by atoms with E-state index in [4.69, 9.17) is 5.41 Å². The van der Waals surface area contributed by atoms with Gasteiger partial charge in [0.25, 0.3) is 0 Å². The van der Waals surface area contributed by atoms with Gasteiger partial charge in [-0.15, -0.1) is 0 Å². The van der Waals surface area contributed by atoms with Crippen molar-refractivity contribution in [1.82, 2.24) is 4.90 Å². The van der Waals surface area contributed by atoms with Crippen molar-refractivity contribution in [1.29, 1.82) is 5.41 Å². The standard InChI is InChI=1S/C13H26N2O/c1-2-3-4-8-11-15(13-16)12-9-6-5-7-10-14/h10,13-14H,2-9,11-12H2,1H3. The fourth-order valence-corrected chi connectivity index (χ4v) is 1.70. The summed E-state index contributed by atoms with van der Waals surface area (Å²) in [5.74, 6) is 0. The Bertz CT molecular complexity index is 171. The van der Waals surface area contributed by atoms with Gasteiger partial charge in [0.1, 0.15) is 0 Å². The van der Waals surface area contributed by atoms with Gasteiger partial charge in [-0.2, -0.15) is 0 Å². The zero-order chi connectivity index (χ0) is 12.1. The number of rotatable bonds is 12. The predicted molar refractivity (Wildman–Crippen MR) is 69.0 cm³/mol. The number of hydrogen-bond donors (Lipinski definition) is 1. The van der Waals surface area contributed by atoms with Gasteiger partial charge in [0.15, 0.2) is 0 Å². The topological polar surface area (TPSA) is 44.2 Å². The number of nitrogens with one attached hydrogen (secondary N) is 1. The van der Waals surface area contributed by atoms with Gasteiger partial charge in [-0.25, -0.2) is 0 Å². The van der Waals surface area contributed by atoms with E-state index in [0.29, 0.717) is 0 Å². The second-order valence-electron chi connectivity index (χ2n) is 4.26. The van der Waals surface area contributed by atoms with Gasteiger partial charge in [-0.1, -0.05) is 32.6 Å². The summed E-state index contributed by atoms with van der Waals surface area (Å²) in [7, 11) is 0. The minimum absolute atomic E-state index is 0.873. The van der Waals surface area contributed by atoms with Gasteiger partial charge < -0.3 is 10.3 Å². The molecule has 0 atom stereocenters. The Kier molecular flexibility index (Phi) is 11.6. The zero-order valence-corrected chi connectivity index (χ0v) is 10.6. The molecule has 3 heteroatoms. The molecule has 0 aliphatic heterocycles. The van der Waals surface area contributed by atoms with Crippen LogP contribution in [0.5, 0.6) is 0 Å². The molecule has 0 rings (SSSR count). The normalized spacial score (nSPS) is 10.1. The van der Waals surface area contributed by atoms with Crippen LogP contribution in [0.2, 0.25) is 0 Å². The summed E-state index contributed by atoms with van der Waals surface area (Å²) in [6.45, 7) is 3.99. The first-order valence-corrected chi connectivity index (χ1v) is 6.53. The number of amides is 1. The molecule has 0 aromatic rings. The highest BCUT2D eigenvalue weighted by atomic mass is 16.1. The monoisotopic (exact) mass is 226 g/mol. The lowest BCUT2D eigenvalue weighted by Crippen LogP contribution is -2.24. The minimum Gasteiger partial charge on any atom is -0.345 e. The summed E-state index contributed by atoms with van der Waals surface area (Å²) in [5.41, 5.74) is 0. The van der Waals surface area contributed by atoms with Crippen LogP contribution >= 0.6 is 0 Å². The Balaban J connectivity index is 3.36. The van der Waals surface area contributed by atoms with Gasteiger partial charge in [-0.05, 0) is 31.9 Å². The average molecular weight is 226 g/mol. The molecule has 0 unspecified atom stereocenters. The molecular formula is C13H26N2O. The smallest absolute Gasteiger partial charge is 0.209 e. The first-order valence-electron chi connectivity index (χ1n) is 6.53. The summed E-state index contributed by atoms with van der Waals surface area (Å²) in [6.07, 6.45) is 11.4. The highest BCUT2D eigenvalue weighted by Gasteiger charge is 2.00. The SMILES string of the molecule is CCCCCCN(C=O)CCCCCC=N. The van der Waals surface area contributed by atoms with Crippen LogP contribution < -0.4 is 0 Å². The molecule has 0 aromatic carbocycles. The third-order valence-corrected chi connectivity index (χ3v) is 2.74. The Morgan fingerprint density at radius 2 is 1.62 bits per heavy atom. The van der Waals surface area contributed by atoms with Crippen LogP contribution in [-0.2, 0) is 4.79 Å². The third-order valence-electron chi connectivity index (χ3n) is 2.74. The number of hydrogen-bond acceptors (Lipinski definition) is 2. The van der Waals surface area contributed by atoms with E-state index in [1.54, 1.807) is 0 Å². The summed E-state index contributed by atoms with van der Waals surface area (Å²) in [4.78, 5) is 12.7. The van der Waals surface area contributed by atoms with Crippen molar-refractivity contribution in [3.8, 4) is 0 Å². The Morgan fingerprint density at radius 3 is 2.12 bits per heavy atom. The van der Waals surface area contributed by atoms with Crippen molar-refractivity contribution in [3.05, 3.63) is 0 Å². The van der Waals surface area contributed by atoms with Crippen LogP contribution in [0.25, 0.3) is 0 Å². The fourth-order valence-electron chi connectivity index (χ4n) is 1.70. The van der Waals surface area contributed by atoms with E-state index < -0.39 is 0 Å². The summed E-state index contributed by atoms with van der Waals surface area (Å²) < 4.78 is 0. The molecule has 0 saturated carbocycles. The van der Waals surface area contributed by atoms with Crippen molar-refractivity contribution < 1.29 is 4.79 Å². The van der Waals surface area contributed by atoms with Crippen LogP contribution in [0, 0.1) is 5.41 Å².